The van der Waals surface area contributed by atoms with Crippen molar-refractivity contribution in [1.82, 2.24) is 4.98 Å². The van der Waals surface area contributed by atoms with E-state index in [4.69, 9.17) is 27.9 Å². The number of aromatic nitrogens is 1. The maximum atomic E-state index is 12.3. The minimum Gasteiger partial charge on any atom is -0.497 e. The summed E-state index contributed by atoms with van der Waals surface area (Å²) in [6.07, 6.45) is 1.48. The molecule has 26 heavy (non-hydrogen) atoms. The van der Waals surface area contributed by atoms with Gasteiger partial charge in [-0.25, -0.2) is 4.98 Å². The highest BCUT2D eigenvalue weighted by atomic mass is 35.5. The van der Waals surface area contributed by atoms with Crippen LogP contribution >= 0.6 is 23.2 Å². The molecule has 0 fully saturated rings. The van der Waals surface area contributed by atoms with Gasteiger partial charge < -0.3 is 15.4 Å². The van der Waals surface area contributed by atoms with E-state index in [1.807, 2.05) is 24.3 Å². The monoisotopic (exact) mass is 387 g/mol. The Kier molecular flexibility index (Phi) is 5.61. The minimum absolute atomic E-state index is 0.324. The van der Waals surface area contributed by atoms with Crippen molar-refractivity contribution in [1.29, 1.82) is 0 Å². The highest BCUT2D eigenvalue weighted by Gasteiger charge is 2.10. The van der Waals surface area contributed by atoms with Gasteiger partial charge in [0.05, 0.1) is 23.4 Å². The number of hydrogen-bond donors (Lipinski definition) is 2. The largest absolute Gasteiger partial charge is 0.497 e. The molecule has 0 unspecified atom stereocenters. The smallest absolute Gasteiger partial charge is 0.257 e. The van der Waals surface area contributed by atoms with Gasteiger partial charge in [0.25, 0.3) is 5.91 Å². The van der Waals surface area contributed by atoms with E-state index in [0.717, 1.165) is 11.4 Å². The van der Waals surface area contributed by atoms with E-state index >= 15 is 0 Å². The van der Waals surface area contributed by atoms with Crippen LogP contribution in [-0.2, 0) is 0 Å². The minimum atomic E-state index is -0.324. The molecule has 1 amide bonds. The third-order valence-electron chi connectivity index (χ3n) is 3.54. The Morgan fingerprint density at radius 2 is 1.92 bits per heavy atom. The molecule has 0 aliphatic rings. The number of benzene rings is 2. The molecule has 1 heterocycles. The molecule has 7 heteroatoms. The highest BCUT2D eigenvalue weighted by molar-refractivity contribution is 6.35. The fourth-order valence-corrected chi connectivity index (χ4v) is 2.58. The lowest BCUT2D eigenvalue weighted by Crippen LogP contribution is -2.12. The molecule has 0 aliphatic carbocycles. The number of nitrogens with zero attached hydrogens (tertiary/aromatic N) is 1. The van der Waals surface area contributed by atoms with Crippen LogP contribution < -0.4 is 15.4 Å². The summed E-state index contributed by atoms with van der Waals surface area (Å²) < 4.78 is 5.18. The zero-order valence-corrected chi connectivity index (χ0v) is 15.3. The lowest BCUT2D eigenvalue weighted by Gasteiger charge is -2.09. The number of rotatable bonds is 5. The second-order valence-corrected chi connectivity index (χ2v) is 6.21. The Morgan fingerprint density at radius 3 is 2.65 bits per heavy atom. The van der Waals surface area contributed by atoms with Gasteiger partial charge >= 0.3 is 0 Å². The average Bonchev–Trinajstić information content (AvgIpc) is 2.65. The first-order chi connectivity index (χ1) is 12.5. The van der Waals surface area contributed by atoms with Gasteiger partial charge in [0.2, 0.25) is 0 Å². The molecule has 5 nitrogen and oxygen atoms in total. The summed E-state index contributed by atoms with van der Waals surface area (Å²) in [6, 6.07) is 15.7. The Morgan fingerprint density at radius 1 is 1.08 bits per heavy atom. The molecule has 3 rings (SSSR count). The molecule has 132 valence electrons. The average molecular weight is 388 g/mol. The van der Waals surface area contributed by atoms with Gasteiger partial charge in [0, 0.05) is 23.0 Å². The van der Waals surface area contributed by atoms with E-state index in [9.17, 15) is 4.79 Å². The lowest BCUT2D eigenvalue weighted by atomic mass is 10.2. The molecule has 0 radical (unpaired) electrons. The van der Waals surface area contributed by atoms with E-state index in [1.54, 1.807) is 37.4 Å². The first kappa shape index (κ1) is 18.0. The molecule has 0 saturated heterocycles. The third kappa shape index (κ3) is 4.45. The molecule has 1 aromatic heterocycles. The van der Waals surface area contributed by atoms with Crippen molar-refractivity contribution in [3.8, 4) is 5.75 Å². The second-order valence-electron chi connectivity index (χ2n) is 5.37. The molecule has 0 saturated carbocycles. The Bertz CT molecular complexity index is 930. The van der Waals surface area contributed by atoms with Crippen LogP contribution in [0.1, 0.15) is 10.4 Å². The first-order valence-electron chi connectivity index (χ1n) is 7.69. The SMILES string of the molecule is COc1cccc(Nc2ccc(C(=O)Nc3cc(Cl)ccc3Cl)cn2)c1. The van der Waals surface area contributed by atoms with Crippen molar-refractivity contribution in [3.05, 3.63) is 76.4 Å². The van der Waals surface area contributed by atoms with Crippen LogP contribution in [0.3, 0.4) is 0 Å². The number of carbonyl (C=O) groups is 1. The number of pyridine rings is 1. The van der Waals surface area contributed by atoms with E-state index in [1.165, 1.54) is 6.20 Å². The highest BCUT2D eigenvalue weighted by Crippen LogP contribution is 2.26. The van der Waals surface area contributed by atoms with Crippen molar-refractivity contribution < 1.29 is 9.53 Å². The summed E-state index contributed by atoms with van der Waals surface area (Å²) in [7, 11) is 1.61. The predicted octanol–water partition coefficient (Wildman–Crippen LogP) is 5.39. The van der Waals surface area contributed by atoms with Crippen LogP contribution in [0.15, 0.2) is 60.8 Å². The van der Waals surface area contributed by atoms with Gasteiger partial charge in [0.15, 0.2) is 0 Å². The third-order valence-corrected chi connectivity index (χ3v) is 4.11. The Labute approximate surface area is 160 Å². The van der Waals surface area contributed by atoms with Gasteiger partial charge in [0.1, 0.15) is 11.6 Å². The molecule has 0 bridgehead atoms. The van der Waals surface area contributed by atoms with Crippen molar-refractivity contribution in [2.75, 3.05) is 17.7 Å². The van der Waals surface area contributed by atoms with E-state index < -0.39 is 0 Å². The number of amides is 1. The molecule has 2 aromatic carbocycles. The summed E-state index contributed by atoms with van der Waals surface area (Å²) >= 11 is 12.0. The zero-order valence-electron chi connectivity index (χ0n) is 13.8. The zero-order chi connectivity index (χ0) is 18.5. The summed E-state index contributed by atoms with van der Waals surface area (Å²) in [6.45, 7) is 0. The summed E-state index contributed by atoms with van der Waals surface area (Å²) in [4.78, 5) is 16.6. The van der Waals surface area contributed by atoms with Gasteiger partial charge in [-0.2, -0.15) is 0 Å². The maximum Gasteiger partial charge on any atom is 0.257 e. The van der Waals surface area contributed by atoms with Gasteiger partial charge in [-0.1, -0.05) is 29.3 Å². The standard InChI is InChI=1S/C19H15Cl2N3O2/c1-26-15-4-2-3-14(10-15)23-18-8-5-12(11-22-18)19(25)24-17-9-13(20)6-7-16(17)21/h2-11H,1H3,(H,22,23)(H,24,25). The molecule has 0 spiro atoms. The Balaban J connectivity index is 1.70. The van der Waals surface area contributed by atoms with Gasteiger partial charge in [-0.15, -0.1) is 0 Å². The number of methoxy groups -OCH3 is 1. The summed E-state index contributed by atoms with van der Waals surface area (Å²) in [5.41, 5.74) is 1.68. The van der Waals surface area contributed by atoms with Crippen LogP contribution in [0.25, 0.3) is 0 Å². The van der Waals surface area contributed by atoms with Crippen molar-refractivity contribution in [3.63, 3.8) is 0 Å². The van der Waals surface area contributed by atoms with Gasteiger partial charge in [-0.05, 0) is 42.5 Å². The normalized spacial score (nSPS) is 10.3. The number of hydrogen-bond acceptors (Lipinski definition) is 4. The molecule has 0 aliphatic heterocycles. The van der Waals surface area contributed by atoms with Crippen LogP contribution in [0.5, 0.6) is 5.75 Å². The molecule has 2 N–H and O–H groups in total. The lowest BCUT2D eigenvalue weighted by molar-refractivity contribution is 0.102. The first-order valence-corrected chi connectivity index (χ1v) is 8.44. The van der Waals surface area contributed by atoms with Crippen molar-refractivity contribution in [2.24, 2.45) is 0 Å². The maximum absolute atomic E-state index is 12.3. The second kappa shape index (κ2) is 8.08. The number of halogens is 2. The quantitative estimate of drug-likeness (QED) is 0.615. The van der Waals surface area contributed by atoms with E-state index in [-0.39, 0.29) is 5.91 Å². The van der Waals surface area contributed by atoms with Crippen molar-refractivity contribution >= 4 is 46.3 Å². The van der Waals surface area contributed by atoms with Crippen molar-refractivity contribution in [2.45, 2.75) is 0 Å². The fourth-order valence-electron chi connectivity index (χ4n) is 2.24. The number of anilines is 3. The number of carbonyl (C=O) groups excluding carboxylic acids is 1. The number of ether oxygens (including phenoxy) is 1. The predicted molar refractivity (Wildman–Crippen MR) is 105 cm³/mol. The Hall–Kier alpha value is -2.76. The summed E-state index contributed by atoms with van der Waals surface area (Å²) in [5.74, 6) is 1.02. The topological polar surface area (TPSA) is 63.2 Å². The molecule has 0 atom stereocenters. The van der Waals surface area contributed by atoms with Crippen LogP contribution in [0.2, 0.25) is 10.0 Å². The molecular formula is C19H15Cl2N3O2. The molecular weight excluding hydrogens is 373 g/mol. The number of nitrogens with one attached hydrogen (secondary N) is 2. The van der Waals surface area contributed by atoms with E-state index in [2.05, 4.69) is 15.6 Å². The van der Waals surface area contributed by atoms with E-state index in [0.29, 0.717) is 27.1 Å². The van der Waals surface area contributed by atoms with Crippen LogP contribution in [0, 0.1) is 0 Å². The fraction of sp³-hybridized carbons (Fsp3) is 0.0526. The van der Waals surface area contributed by atoms with Gasteiger partial charge in [-0.3, -0.25) is 4.79 Å². The molecule has 3 aromatic rings. The van der Waals surface area contributed by atoms with Crippen LogP contribution in [-0.4, -0.2) is 18.0 Å². The summed E-state index contributed by atoms with van der Waals surface area (Å²) in [5, 5.41) is 6.76. The van der Waals surface area contributed by atoms with Crippen LogP contribution in [0.4, 0.5) is 17.2 Å².